The zero-order valence-corrected chi connectivity index (χ0v) is 16.6. The lowest BCUT2D eigenvalue weighted by Gasteiger charge is -2.29. The Hall–Kier alpha value is -1.45. The van der Waals surface area contributed by atoms with Crippen LogP contribution in [0.25, 0.3) is 0 Å². The van der Waals surface area contributed by atoms with E-state index < -0.39 is 19.0 Å². The Morgan fingerprint density at radius 2 is 1.67 bits per heavy atom. The van der Waals surface area contributed by atoms with Gasteiger partial charge in [-0.15, -0.1) is 0 Å². The summed E-state index contributed by atoms with van der Waals surface area (Å²) in [6, 6.07) is 7.17. The van der Waals surface area contributed by atoms with E-state index in [0.717, 1.165) is 5.92 Å². The van der Waals surface area contributed by atoms with E-state index >= 15 is 0 Å². The van der Waals surface area contributed by atoms with Crippen molar-refractivity contribution in [1.82, 2.24) is 0 Å². The summed E-state index contributed by atoms with van der Waals surface area (Å²) < 4.78 is 29.3. The molecular weight excluding hydrogens is 346 g/mol. The first-order chi connectivity index (χ1) is 13.1. The Labute approximate surface area is 162 Å². The first-order valence-electron chi connectivity index (χ1n) is 10.6. The van der Waals surface area contributed by atoms with Crippen molar-refractivity contribution in [3.05, 3.63) is 35.4 Å². The fourth-order valence-corrected chi connectivity index (χ4v) is 4.10. The third-order valence-corrected chi connectivity index (χ3v) is 5.79. The maximum Gasteiger partial charge on any atom is 0.340 e. The van der Waals surface area contributed by atoms with Crippen LogP contribution >= 0.6 is 0 Å². The average Bonchev–Trinajstić information content (AvgIpc) is 2.71. The first-order valence-corrected chi connectivity index (χ1v) is 10.6. The van der Waals surface area contributed by atoms with Gasteiger partial charge in [0.2, 0.25) is 0 Å². The SMILES string of the molecule is CCCCCCCCC1CCC(c2ccc(C(=O)OC(F)CF)cc2)CC1. The molecule has 1 fully saturated rings. The fraction of sp³-hybridized carbons (Fsp3) is 0.696. The summed E-state index contributed by atoms with van der Waals surface area (Å²) in [5.41, 5.74) is 1.50. The van der Waals surface area contributed by atoms with Crippen LogP contribution in [0, 0.1) is 5.92 Å². The topological polar surface area (TPSA) is 26.3 Å². The highest BCUT2D eigenvalue weighted by Crippen LogP contribution is 2.37. The summed E-state index contributed by atoms with van der Waals surface area (Å²) in [5, 5.41) is 0. The lowest BCUT2D eigenvalue weighted by molar-refractivity contribution is -0.0254. The Morgan fingerprint density at radius 1 is 1.04 bits per heavy atom. The van der Waals surface area contributed by atoms with E-state index in [1.54, 1.807) is 12.1 Å². The molecule has 1 aromatic carbocycles. The number of rotatable bonds is 11. The molecule has 0 spiro atoms. The van der Waals surface area contributed by atoms with Crippen LogP contribution in [0.5, 0.6) is 0 Å². The molecule has 0 bridgehead atoms. The molecule has 2 rings (SSSR count). The zero-order valence-electron chi connectivity index (χ0n) is 16.6. The Morgan fingerprint density at radius 3 is 2.30 bits per heavy atom. The number of halogens is 2. The number of ether oxygens (including phenoxy) is 1. The second kappa shape index (κ2) is 12.1. The monoisotopic (exact) mass is 380 g/mol. The highest BCUT2D eigenvalue weighted by atomic mass is 19.2. The molecule has 0 N–H and O–H groups in total. The van der Waals surface area contributed by atoms with E-state index in [9.17, 15) is 13.6 Å². The number of hydrogen-bond donors (Lipinski definition) is 0. The number of carbonyl (C=O) groups is 1. The van der Waals surface area contributed by atoms with Gasteiger partial charge in [0, 0.05) is 0 Å². The molecule has 1 unspecified atom stereocenters. The molecule has 0 saturated heterocycles. The van der Waals surface area contributed by atoms with Crippen LogP contribution in [0.1, 0.15) is 99.4 Å². The van der Waals surface area contributed by atoms with Gasteiger partial charge in [-0.3, -0.25) is 0 Å². The van der Waals surface area contributed by atoms with Crippen LogP contribution in [0.15, 0.2) is 24.3 Å². The van der Waals surface area contributed by atoms with Crippen molar-refractivity contribution < 1.29 is 18.3 Å². The van der Waals surface area contributed by atoms with Crippen LogP contribution < -0.4 is 0 Å². The molecule has 0 radical (unpaired) electrons. The molecule has 4 heteroatoms. The number of esters is 1. The number of benzene rings is 1. The number of alkyl halides is 2. The van der Waals surface area contributed by atoms with E-state index in [4.69, 9.17) is 0 Å². The number of carbonyl (C=O) groups excluding carboxylic acids is 1. The normalized spacial score (nSPS) is 21.0. The maximum atomic E-state index is 12.8. The molecule has 152 valence electrons. The van der Waals surface area contributed by atoms with Gasteiger partial charge in [0.05, 0.1) is 5.56 Å². The third kappa shape index (κ3) is 7.59. The van der Waals surface area contributed by atoms with Gasteiger partial charge in [-0.05, 0) is 55.2 Å². The second-order valence-corrected chi connectivity index (χ2v) is 7.87. The van der Waals surface area contributed by atoms with Gasteiger partial charge in [-0.25, -0.2) is 9.18 Å². The molecule has 0 heterocycles. The predicted molar refractivity (Wildman–Crippen MR) is 105 cm³/mol. The van der Waals surface area contributed by atoms with Gasteiger partial charge < -0.3 is 4.74 Å². The van der Waals surface area contributed by atoms with Crippen LogP contribution in [-0.4, -0.2) is 19.0 Å². The summed E-state index contributed by atoms with van der Waals surface area (Å²) in [6.07, 6.45) is 12.3. The van der Waals surface area contributed by atoms with E-state index in [-0.39, 0.29) is 5.56 Å². The van der Waals surface area contributed by atoms with E-state index in [1.807, 2.05) is 12.1 Å². The van der Waals surface area contributed by atoms with Crippen molar-refractivity contribution in [1.29, 1.82) is 0 Å². The average molecular weight is 381 g/mol. The predicted octanol–water partition coefficient (Wildman–Crippen LogP) is 7.13. The van der Waals surface area contributed by atoms with E-state index in [1.165, 1.54) is 76.2 Å². The fourth-order valence-electron chi connectivity index (χ4n) is 4.10. The highest BCUT2D eigenvalue weighted by Gasteiger charge is 2.22. The minimum Gasteiger partial charge on any atom is -0.425 e. The Kier molecular flexibility index (Phi) is 9.79. The molecule has 0 aliphatic heterocycles. The summed E-state index contributed by atoms with van der Waals surface area (Å²) in [5.74, 6) is 0.592. The van der Waals surface area contributed by atoms with Gasteiger partial charge in [-0.2, -0.15) is 4.39 Å². The van der Waals surface area contributed by atoms with E-state index in [2.05, 4.69) is 11.7 Å². The van der Waals surface area contributed by atoms with Gasteiger partial charge in [0.1, 0.15) is 0 Å². The molecule has 2 nitrogen and oxygen atoms in total. The van der Waals surface area contributed by atoms with Crippen molar-refractivity contribution in [2.75, 3.05) is 6.67 Å². The molecule has 1 aliphatic rings. The molecule has 1 aliphatic carbocycles. The summed E-state index contributed by atoms with van der Waals surface area (Å²) >= 11 is 0. The Balaban J connectivity index is 1.70. The summed E-state index contributed by atoms with van der Waals surface area (Å²) in [7, 11) is 0. The lowest BCUT2D eigenvalue weighted by atomic mass is 9.77. The van der Waals surface area contributed by atoms with Crippen LogP contribution in [0.4, 0.5) is 8.78 Å². The van der Waals surface area contributed by atoms with Gasteiger partial charge in [-0.1, -0.05) is 64.0 Å². The maximum absolute atomic E-state index is 12.8. The Bertz CT molecular complexity index is 536. The zero-order chi connectivity index (χ0) is 19.5. The molecule has 1 saturated carbocycles. The first kappa shape index (κ1) is 21.8. The van der Waals surface area contributed by atoms with Crippen molar-refractivity contribution in [3.8, 4) is 0 Å². The number of unbranched alkanes of at least 4 members (excludes halogenated alkanes) is 5. The molecule has 1 aromatic rings. The molecular formula is C23H34F2O2. The van der Waals surface area contributed by atoms with Crippen molar-refractivity contribution in [2.45, 2.75) is 89.8 Å². The lowest BCUT2D eigenvalue weighted by Crippen LogP contribution is -2.16. The molecule has 0 aromatic heterocycles. The minimum absolute atomic E-state index is 0.270. The van der Waals surface area contributed by atoms with Gasteiger partial charge >= 0.3 is 5.97 Å². The van der Waals surface area contributed by atoms with Crippen LogP contribution in [0.3, 0.4) is 0 Å². The summed E-state index contributed by atoms with van der Waals surface area (Å²) in [6.45, 7) is 0.940. The van der Waals surface area contributed by atoms with Crippen molar-refractivity contribution in [2.24, 2.45) is 5.92 Å². The highest BCUT2D eigenvalue weighted by molar-refractivity contribution is 5.89. The molecule has 0 amide bonds. The smallest absolute Gasteiger partial charge is 0.340 e. The van der Waals surface area contributed by atoms with Gasteiger partial charge in [0.15, 0.2) is 6.67 Å². The number of hydrogen-bond acceptors (Lipinski definition) is 2. The molecule has 27 heavy (non-hydrogen) atoms. The quantitative estimate of drug-likeness (QED) is 0.301. The van der Waals surface area contributed by atoms with Crippen molar-refractivity contribution >= 4 is 5.97 Å². The largest absolute Gasteiger partial charge is 0.425 e. The standard InChI is InChI=1S/C23H34F2O2/c1-2-3-4-5-6-7-8-18-9-11-19(12-10-18)20-13-15-21(16-14-20)23(26)27-22(25)17-24/h13-16,18-19,22H,2-12,17H2,1H3. The second-order valence-electron chi connectivity index (χ2n) is 7.87. The van der Waals surface area contributed by atoms with E-state index in [0.29, 0.717) is 5.92 Å². The van der Waals surface area contributed by atoms with Gasteiger partial charge in [0.25, 0.3) is 6.36 Å². The van der Waals surface area contributed by atoms with Crippen LogP contribution in [-0.2, 0) is 4.74 Å². The van der Waals surface area contributed by atoms with Crippen LogP contribution in [0.2, 0.25) is 0 Å². The van der Waals surface area contributed by atoms with Crippen molar-refractivity contribution in [3.63, 3.8) is 0 Å². The minimum atomic E-state index is -2.18. The molecule has 1 atom stereocenters. The third-order valence-electron chi connectivity index (χ3n) is 5.79. The summed E-state index contributed by atoms with van der Waals surface area (Å²) in [4.78, 5) is 11.7.